The number of hydrogen-bond donors (Lipinski definition) is 1. The average molecular weight is 220 g/mol. The molecule has 0 aliphatic rings. The molecule has 0 unspecified atom stereocenters. The maximum absolute atomic E-state index is 11.4. The topological polar surface area (TPSA) is 32.3 Å². The summed E-state index contributed by atoms with van der Waals surface area (Å²) in [7, 11) is 3.53. The van der Waals surface area contributed by atoms with Crippen molar-refractivity contribution in [2.24, 2.45) is 0 Å². The van der Waals surface area contributed by atoms with Crippen LogP contribution in [0.2, 0.25) is 0 Å². The molecular formula is C13H20N2O. The van der Waals surface area contributed by atoms with Gasteiger partial charge in [-0.25, -0.2) is 0 Å². The average Bonchev–Trinajstić information content (AvgIpc) is 2.25. The highest BCUT2D eigenvalue weighted by atomic mass is 16.2. The number of likely N-dealkylation sites (N-methyl/N-ethyl adjacent to an activating group) is 1. The van der Waals surface area contributed by atoms with Crippen molar-refractivity contribution in [3.8, 4) is 0 Å². The molecule has 1 amide bonds. The molecule has 3 nitrogen and oxygen atoms in total. The number of hydrogen-bond acceptors (Lipinski definition) is 2. The van der Waals surface area contributed by atoms with Gasteiger partial charge in [0.1, 0.15) is 0 Å². The lowest BCUT2D eigenvalue weighted by Gasteiger charge is -2.17. The van der Waals surface area contributed by atoms with Crippen LogP contribution in [0.5, 0.6) is 0 Å². The van der Waals surface area contributed by atoms with Gasteiger partial charge in [0.25, 0.3) is 0 Å². The molecule has 1 atom stereocenters. The van der Waals surface area contributed by atoms with Crippen LogP contribution in [-0.4, -0.2) is 31.4 Å². The lowest BCUT2D eigenvalue weighted by Crippen LogP contribution is -2.34. The Morgan fingerprint density at radius 3 is 2.56 bits per heavy atom. The number of carbonyl (C=O) groups is 1. The first-order valence-electron chi connectivity index (χ1n) is 5.51. The predicted octanol–water partition coefficient (Wildman–Crippen LogP) is 1.73. The Bertz CT molecular complexity index is 361. The molecule has 0 saturated heterocycles. The van der Waals surface area contributed by atoms with E-state index in [1.54, 1.807) is 19.0 Å². The summed E-state index contributed by atoms with van der Waals surface area (Å²) in [5.41, 5.74) is 2.49. The largest absolute Gasteiger partial charge is 0.348 e. The highest BCUT2D eigenvalue weighted by Crippen LogP contribution is 2.16. The van der Waals surface area contributed by atoms with E-state index in [2.05, 4.69) is 31.3 Å². The van der Waals surface area contributed by atoms with Crippen LogP contribution < -0.4 is 5.32 Å². The van der Waals surface area contributed by atoms with E-state index >= 15 is 0 Å². The summed E-state index contributed by atoms with van der Waals surface area (Å²) in [6.07, 6.45) is 0. The van der Waals surface area contributed by atoms with Gasteiger partial charge in [-0.3, -0.25) is 4.79 Å². The van der Waals surface area contributed by atoms with Gasteiger partial charge in [-0.05, 0) is 25.0 Å². The molecule has 16 heavy (non-hydrogen) atoms. The van der Waals surface area contributed by atoms with Crippen LogP contribution in [0.4, 0.5) is 0 Å². The number of nitrogens with one attached hydrogen (secondary N) is 1. The molecule has 1 rings (SSSR count). The Morgan fingerprint density at radius 2 is 2.00 bits per heavy atom. The molecule has 1 N–H and O–H groups in total. The molecule has 0 spiro atoms. The minimum Gasteiger partial charge on any atom is -0.348 e. The van der Waals surface area contributed by atoms with E-state index in [0.717, 1.165) is 0 Å². The van der Waals surface area contributed by atoms with Crippen LogP contribution in [0.15, 0.2) is 24.3 Å². The summed E-state index contributed by atoms with van der Waals surface area (Å²) in [5.74, 6) is 0.0976. The number of aryl methyl sites for hydroxylation is 1. The van der Waals surface area contributed by atoms with Gasteiger partial charge in [-0.1, -0.05) is 24.3 Å². The maximum Gasteiger partial charge on any atom is 0.236 e. The van der Waals surface area contributed by atoms with Gasteiger partial charge in [0.2, 0.25) is 5.91 Å². The van der Waals surface area contributed by atoms with Crippen molar-refractivity contribution >= 4 is 5.91 Å². The summed E-state index contributed by atoms with van der Waals surface area (Å²) in [4.78, 5) is 13.0. The molecule has 88 valence electrons. The second-order valence-electron chi connectivity index (χ2n) is 4.25. The fourth-order valence-electron chi connectivity index (χ4n) is 1.58. The van der Waals surface area contributed by atoms with E-state index in [1.165, 1.54) is 11.1 Å². The molecule has 0 aromatic heterocycles. The monoisotopic (exact) mass is 220 g/mol. The van der Waals surface area contributed by atoms with E-state index in [-0.39, 0.29) is 11.9 Å². The number of rotatable bonds is 4. The fourth-order valence-corrected chi connectivity index (χ4v) is 1.58. The molecule has 0 fully saturated rings. The molecule has 3 heteroatoms. The zero-order valence-corrected chi connectivity index (χ0v) is 10.4. The molecule has 0 saturated carbocycles. The van der Waals surface area contributed by atoms with Gasteiger partial charge in [0.05, 0.1) is 6.54 Å². The molecule has 0 radical (unpaired) electrons. The van der Waals surface area contributed by atoms with Crippen molar-refractivity contribution in [3.63, 3.8) is 0 Å². The Kier molecular flexibility index (Phi) is 4.50. The third-order valence-electron chi connectivity index (χ3n) is 2.71. The number of benzene rings is 1. The summed E-state index contributed by atoms with van der Waals surface area (Å²) < 4.78 is 0. The minimum atomic E-state index is 0.0976. The van der Waals surface area contributed by atoms with Crippen LogP contribution in [0.3, 0.4) is 0 Å². The molecule has 1 aromatic rings. The van der Waals surface area contributed by atoms with Crippen LogP contribution >= 0.6 is 0 Å². The quantitative estimate of drug-likeness (QED) is 0.838. The summed E-state index contributed by atoms with van der Waals surface area (Å²) in [5, 5.41) is 3.23. The van der Waals surface area contributed by atoms with Crippen LogP contribution in [0, 0.1) is 6.92 Å². The van der Waals surface area contributed by atoms with Crippen molar-refractivity contribution in [2.45, 2.75) is 19.9 Å². The van der Waals surface area contributed by atoms with Gasteiger partial charge in [0, 0.05) is 20.1 Å². The maximum atomic E-state index is 11.4. The summed E-state index contributed by atoms with van der Waals surface area (Å²) in [6.45, 7) is 4.54. The fraction of sp³-hybridized carbons (Fsp3) is 0.462. The molecule has 1 aromatic carbocycles. The standard InChI is InChI=1S/C13H20N2O/c1-10-7-5-6-8-12(10)11(2)14-9-13(16)15(3)4/h5-8,11,14H,9H2,1-4H3/t11-/m0/s1. The highest BCUT2D eigenvalue weighted by Gasteiger charge is 2.10. The Hall–Kier alpha value is -1.35. The van der Waals surface area contributed by atoms with Crippen molar-refractivity contribution in [1.29, 1.82) is 0 Å². The Balaban J connectivity index is 2.56. The molecule has 0 bridgehead atoms. The summed E-state index contributed by atoms with van der Waals surface area (Å²) in [6, 6.07) is 8.42. The highest BCUT2D eigenvalue weighted by molar-refractivity contribution is 5.77. The van der Waals surface area contributed by atoms with Gasteiger partial charge < -0.3 is 10.2 Å². The van der Waals surface area contributed by atoms with E-state index in [9.17, 15) is 4.79 Å². The molecule has 0 heterocycles. The third-order valence-corrected chi connectivity index (χ3v) is 2.71. The van der Waals surface area contributed by atoms with E-state index < -0.39 is 0 Å². The zero-order valence-electron chi connectivity index (χ0n) is 10.4. The SMILES string of the molecule is Cc1ccccc1[C@H](C)NCC(=O)N(C)C. The number of amides is 1. The van der Waals surface area contributed by atoms with Crippen molar-refractivity contribution in [3.05, 3.63) is 35.4 Å². The summed E-state index contributed by atoms with van der Waals surface area (Å²) >= 11 is 0. The number of carbonyl (C=O) groups excluding carboxylic acids is 1. The first-order chi connectivity index (χ1) is 7.52. The smallest absolute Gasteiger partial charge is 0.236 e. The second kappa shape index (κ2) is 5.66. The van der Waals surface area contributed by atoms with Crippen molar-refractivity contribution in [1.82, 2.24) is 10.2 Å². The Labute approximate surface area is 97.5 Å². The van der Waals surface area contributed by atoms with Crippen LogP contribution in [0.1, 0.15) is 24.1 Å². The first-order valence-corrected chi connectivity index (χ1v) is 5.51. The van der Waals surface area contributed by atoms with Gasteiger partial charge in [0.15, 0.2) is 0 Å². The lowest BCUT2D eigenvalue weighted by atomic mass is 10.0. The molecule has 0 aliphatic heterocycles. The lowest BCUT2D eigenvalue weighted by molar-refractivity contribution is -0.127. The predicted molar refractivity (Wildman–Crippen MR) is 66.3 cm³/mol. The molecular weight excluding hydrogens is 200 g/mol. The second-order valence-corrected chi connectivity index (χ2v) is 4.25. The van der Waals surface area contributed by atoms with Gasteiger partial charge in [-0.2, -0.15) is 0 Å². The normalized spacial score (nSPS) is 12.2. The van der Waals surface area contributed by atoms with Gasteiger partial charge >= 0.3 is 0 Å². The minimum absolute atomic E-state index is 0.0976. The van der Waals surface area contributed by atoms with Crippen molar-refractivity contribution < 1.29 is 4.79 Å². The third kappa shape index (κ3) is 3.35. The number of nitrogens with zero attached hydrogens (tertiary/aromatic N) is 1. The Morgan fingerprint density at radius 1 is 1.38 bits per heavy atom. The van der Waals surface area contributed by atoms with E-state index in [4.69, 9.17) is 0 Å². The first kappa shape index (κ1) is 12.7. The van der Waals surface area contributed by atoms with Crippen LogP contribution in [0.25, 0.3) is 0 Å². The molecule has 0 aliphatic carbocycles. The van der Waals surface area contributed by atoms with Crippen LogP contribution in [-0.2, 0) is 4.79 Å². The van der Waals surface area contributed by atoms with Gasteiger partial charge in [-0.15, -0.1) is 0 Å². The van der Waals surface area contributed by atoms with Crippen molar-refractivity contribution in [2.75, 3.05) is 20.6 Å². The van der Waals surface area contributed by atoms with E-state index in [0.29, 0.717) is 6.54 Å². The van der Waals surface area contributed by atoms with E-state index in [1.807, 2.05) is 12.1 Å². The zero-order chi connectivity index (χ0) is 12.1.